The van der Waals surface area contributed by atoms with Crippen molar-refractivity contribution in [3.05, 3.63) is 57.5 Å². The van der Waals surface area contributed by atoms with Gasteiger partial charge < -0.3 is 9.64 Å². The Balaban J connectivity index is 1.65. The van der Waals surface area contributed by atoms with Crippen molar-refractivity contribution in [3.8, 4) is 0 Å². The topological polar surface area (TPSA) is 64.4 Å². The quantitative estimate of drug-likeness (QED) is 0.751. The molecule has 0 amide bonds. The highest BCUT2D eigenvalue weighted by molar-refractivity contribution is 6.33. The van der Waals surface area contributed by atoms with Crippen LogP contribution in [0.5, 0.6) is 0 Å². The number of aromatic nitrogens is 2. The molecule has 0 atom stereocenters. The molecule has 0 aliphatic carbocycles. The Kier molecular flexibility index (Phi) is 5.93. The van der Waals surface area contributed by atoms with Crippen LogP contribution < -0.4 is 10.5 Å². The number of hydrogen-bond donors (Lipinski definition) is 0. The number of piperidine rings is 1. The molecule has 0 saturated carbocycles. The van der Waals surface area contributed by atoms with Crippen LogP contribution in [0.25, 0.3) is 0 Å². The van der Waals surface area contributed by atoms with Crippen molar-refractivity contribution in [2.24, 2.45) is 5.92 Å². The van der Waals surface area contributed by atoms with E-state index in [1.54, 1.807) is 6.20 Å². The zero-order valence-electron chi connectivity index (χ0n) is 14.7. The van der Waals surface area contributed by atoms with Crippen molar-refractivity contribution < 1.29 is 9.53 Å². The number of carbonyl (C=O) groups is 1. The van der Waals surface area contributed by atoms with Crippen LogP contribution in [0.2, 0.25) is 5.02 Å². The van der Waals surface area contributed by atoms with Gasteiger partial charge in [0.05, 0.1) is 19.0 Å². The monoisotopic (exact) mass is 375 g/mol. The van der Waals surface area contributed by atoms with E-state index < -0.39 is 11.5 Å². The molecule has 1 fully saturated rings. The second-order valence-corrected chi connectivity index (χ2v) is 6.88. The largest absolute Gasteiger partial charge is 0.468 e. The smallest absolute Gasteiger partial charge is 0.327 e. The molecule has 6 nitrogen and oxygen atoms in total. The predicted molar refractivity (Wildman–Crippen MR) is 101 cm³/mol. The van der Waals surface area contributed by atoms with Gasteiger partial charge in [-0.3, -0.25) is 9.59 Å². The lowest BCUT2D eigenvalue weighted by atomic mass is 9.90. The second kappa shape index (κ2) is 8.36. The van der Waals surface area contributed by atoms with E-state index in [-0.39, 0.29) is 11.6 Å². The first-order valence-corrected chi connectivity index (χ1v) is 9.07. The van der Waals surface area contributed by atoms with Gasteiger partial charge in [0.15, 0.2) is 0 Å². The van der Waals surface area contributed by atoms with Crippen LogP contribution in [0.3, 0.4) is 0 Å². The maximum Gasteiger partial charge on any atom is 0.327 e. The van der Waals surface area contributed by atoms with Gasteiger partial charge in [-0.05, 0) is 30.7 Å². The number of rotatable bonds is 5. The Labute approximate surface area is 157 Å². The fourth-order valence-corrected chi connectivity index (χ4v) is 3.57. The Morgan fingerprint density at radius 3 is 2.62 bits per heavy atom. The summed E-state index contributed by atoms with van der Waals surface area (Å²) in [7, 11) is 1.27. The third-order valence-corrected chi connectivity index (χ3v) is 5.15. The van der Waals surface area contributed by atoms with E-state index in [9.17, 15) is 9.59 Å². The molecule has 0 bridgehead atoms. The summed E-state index contributed by atoms with van der Waals surface area (Å²) < 4.78 is 5.59. The predicted octanol–water partition coefficient (Wildman–Crippen LogP) is 2.53. The lowest BCUT2D eigenvalue weighted by Gasteiger charge is -2.33. The van der Waals surface area contributed by atoms with Crippen LogP contribution in [0.4, 0.5) is 5.69 Å². The van der Waals surface area contributed by atoms with Crippen molar-refractivity contribution in [1.29, 1.82) is 0 Å². The first-order chi connectivity index (χ1) is 12.6. The van der Waals surface area contributed by atoms with Crippen molar-refractivity contribution in [2.45, 2.75) is 25.8 Å². The first kappa shape index (κ1) is 18.5. The summed E-state index contributed by atoms with van der Waals surface area (Å²) in [5.74, 6) is 0.0882. The summed E-state index contributed by atoms with van der Waals surface area (Å²) in [6.45, 7) is 1.42. The standard InChI is InChI=1S/C19H22ClN3O3/c1-26-17(24)13-23-19(25)18(20)16(12-21-23)22-9-7-15(8-10-22)11-14-5-3-2-4-6-14/h2-6,12,15H,7-11,13H2,1H3. The molecular weight excluding hydrogens is 354 g/mol. The van der Waals surface area contributed by atoms with Crippen LogP contribution >= 0.6 is 11.6 Å². The number of methoxy groups -OCH3 is 1. The molecule has 0 radical (unpaired) electrons. The maximum atomic E-state index is 12.3. The summed E-state index contributed by atoms with van der Waals surface area (Å²) in [4.78, 5) is 25.8. The van der Waals surface area contributed by atoms with Crippen LogP contribution in [0.1, 0.15) is 18.4 Å². The number of halogens is 1. The Hall–Kier alpha value is -2.34. The van der Waals surface area contributed by atoms with Gasteiger partial charge in [0.1, 0.15) is 11.6 Å². The minimum absolute atomic E-state index is 0.102. The Morgan fingerprint density at radius 2 is 1.96 bits per heavy atom. The number of ether oxygens (including phenoxy) is 1. The molecule has 3 rings (SSSR count). The molecule has 2 heterocycles. The van der Waals surface area contributed by atoms with Gasteiger partial charge >= 0.3 is 5.97 Å². The van der Waals surface area contributed by atoms with Gasteiger partial charge in [-0.2, -0.15) is 5.10 Å². The minimum atomic E-state index is -0.537. The number of esters is 1. The SMILES string of the molecule is COC(=O)Cn1ncc(N2CCC(Cc3ccccc3)CC2)c(Cl)c1=O. The van der Waals surface area contributed by atoms with Crippen molar-refractivity contribution >= 4 is 23.3 Å². The number of nitrogens with zero attached hydrogens (tertiary/aromatic N) is 3. The molecule has 2 aromatic rings. The third kappa shape index (κ3) is 4.25. The normalized spacial score (nSPS) is 15.1. The molecule has 0 unspecified atom stereocenters. The average molecular weight is 376 g/mol. The summed E-state index contributed by atoms with van der Waals surface area (Å²) >= 11 is 6.26. The first-order valence-electron chi connectivity index (χ1n) is 8.69. The van der Waals surface area contributed by atoms with Gasteiger partial charge in [-0.15, -0.1) is 0 Å². The Morgan fingerprint density at radius 1 is 1.27 bits per heavy atom. The molecule has 1 aromatic heterocycles. The number of benzene rings is 1. The van der Waals surface area contributed by atoms with Crippen LogP contribution in [0, 0.1) is 5.92 Å². The average Bonchev–Trinajstić information content (AvgIpc) is 2.67. The summed E-state index contributed by atoms with van der Waals surface area (Å²) in [5, 5.41) is 4.17. The second-order valence-electron chi connectivity index (χ2n) is 6.50. The van der Waals surface area contributed by atoms with E-state index >= 15 is 0 Å². The maximum absolute atomic E-state index is 12.3. The van der Waals surface area contributed by atoms with E-state index in [2.05, 4.69) is 39.0 Å². The van der Waals surface area contributed by atoms with Crippen molar-refractivity contribution in [2.75, 3.05) is 25.1 Å². The highest BCUT2D eigenvalue weighted by Gasteiger charge is 2.23. The molecule has 1 aliphatic heterocycles. The molecule has 1 aromatic carbocycles. The zero-order valence-corrected chi connectivity index (χ0v) is 15.5. The van der Waals surface area contributed by atoms with E-state index in [4.69, 9.17) is 11.6 Å². The summed E-state index contributed by atoms with van der Waals surface area (Å²) in [5.41, 5.74) is 1.52. The van der Waals surface area contributed by atoms with E-state index in [1.807, 2.05) is 6.07 Å². The molecule has 1 aliphatic rings. The fraction of sp³-hybridized carbons (Fsp3) is 0.421. The van der Waals surface area contributed by atoms with Gasteiger partial charge in [0.2, 0.25) is 0 Å². The molecule has 138 valence electrons. The van der Waals surface area contributed by atoms with E-state index in [1.165, 1.54) is 12.7 Å². The lowest BCUT2D eigenvalue weighted by molar-refractivity contribution is -0.141. The van der Waals surface area contributed by atoms with Crippen molar-refractivity contribution in [1.82, 2.24) is 9.78 Å². The number of hydrogen-bond acceptors (Lipinski definition) is 5. The van der Waals surface area contributed by atoms with Gasteiger partial charge in [-0.1, -0.05) is 41.9 Å². The zero-order chi connectivity index (χ0) is 18.5. The van der Waals surface area contributed by atoms with Gasteiger partial charge in [0, 0.05) is 13.1 Å². The highest BCUT2D eigenvalue weighted by atomic mass is 35.5. The van der Waals surface area contributed by atoms with E-state index in [0.717, 1.165) is 37.0 Å². The molecule has 26 heavy (non-hydrogen) atoms. The molecular formula is C19H22ClN3O3. The van der Waals surface area contributed by atoms with Gasteiger partial charge in [0.25, 0.3) is 5.56 Å². The molecule has 1 saturated heterocycles. The van der Waals surface area contributed by atoms with Crippen LogP contribution in [0.15, 0.2) is 41.3 Å². The minimum Gasteiger partial charge on any atom is -0.468 e. The van der Waals surface area contributed by atoms with Gasteiger partial charge in [-0.25, -0.2) is 4.68 Å². The van der Waals surface area contributed by atoms with Crippen LogP contribution in [-0.4, -0.2) is 35.9 Å². The molecule has 0 spiro atoms. The van der Waals surface area contributed by atoms with Crippen molar-refractivity contribution in [3.63, 3.8) is 0 Å². The lowest BCUT2D eigenvalue weighted by Crippen LogP contribution is -2.36. The number of anilines is 1. The highest BCUT2D eigenvalue weighted by Crippen LogP contribution is 2.28. The fourth-order valence-electron chi connectivity index (χ4n) is 3.30. The Bertz CT molecular complexity index is 815. The van der Waals surface area contributed by atoms with E-state index in [0.29, 0.717) is 11.6 Å². The summed E-state index contributed by atoms with van der Waals surface area (Å²) in [6, 6.07) is 10.5. The third-order valence-electron chi connectivity index (χ3n) is 4.80. The summed E-state index contributed by atoms with van der Waals surface area (Å²) in [6.07, 6.45) is 4.71. The molecule has 7 heteroatoms. The van der Waals surface area contributed by atoms with Crippen LogP contribution in [-0.2, 0) is 22.5 Å². The molecule has 0 N–H and O–H groups in total. The number of carbonyl (C=O) groups excluding carboxylic acids is 1.